The van der Waals surface area contributed by atoms with Crippen LogP contribution in [0.3, 0.4) is 0 Å². The number of amides is 1. The highest BCUT2D eigenvalue weighted by Gasteiger charge is 2.11. The van der Waals surface area contributed by atoms with Gasteiger partial charge in [-0.1, -0.05) is 42.7 Å². The van der Waals surface area contributed by atoms with Crippen molar-refractivity contribution in [2.45, 2.75) is 39.0 Å². The molecular formula is C20H25N3O. The van der Waals surface area contributed by atoms with Crippen molar-refractivity contribution >= 4 is 17.4 Å². The van der Waals surface area contributed by atoms with Gasteiger partial charge in [-0.05, 0) is 37.5 Å². The minimum Gasteiger partial charge on any atom is -0.370 e. The number of rotatable bonds is 4. The zero-order chi connectivity index (χ0) is 16.8. The molecule has 126 valence electrons. The van der Waals surface area contributed by atoms with E-state index in [1.165, 1.54) is 31.2 Å². The molecule has 3 rings (SSSR count). The first-order valence-corrected chi connectivity index (χ1v) is 8.77. The lowest BCUT2D eigenvalue weighted by Gasteiger charge is -2.22. The van der Waals surface area contributed by atoms with Crippen LogP contribution in [0.15, 0.2) is 42.6 Å². The van der Waals surface area contributed by atoms with E-state index in [-0.39, 0.29) is 5.91 Å². The van der Waals surface area contributed by atoms with Crippen molar-refractivity contribution in [3.05, 3.63) is 53.7 Å². The van der Waals surface area contributed by atoms with E-state index in [0.717, 1.165) is 24.3 Å². The van der Waals surface area contributed by atoms with Gasteiger partial charge in [0.15, 0.2) is 0 Å². The third-order valence-electron chi connectivity index (χ3n) is 4.43. The van der Waals surface area contributed by atoms with Gasteiger partial charge < -0.3 is 10.2 Å². The zero-order valence-electron chi connectivity index (χ0n) is 14.3. The lowest BCUT2D eigenvalue weighted by Crippen LogP contribution is -2.24. The van der Waals surface area contributed by atoms with Crippen molar-refractivity contribution in [1.29, 1.82) is 0 Å². The summed E-state index contributed by atoms with van der Waals surface area (Å²) < 4.78 is 0. The Morgan fingerprint density at radius 3 is 2.58 bits per heavy atom. The summed E-state index contributed by atoms with van der Waals surface area (Å²) in [6, 6.07) is 12.0. The molecule has 4 heteroatoms. The molecule has 4 nitrogen and oxygen atoms in total. The summed E-state index contributed by atoms with van der Waals surface area (Å²) in [6.45, 7) is 4.23. The number of benzene rings is 1. The average Bonchev–Trinajstić information content (AvgIpc) is 2.85. The van der Waals surface area contributed by atoms with E-state index in [1.54, 1.807) is 0 Å². The fraction of sp³-hybridized carbons (Fsp3) is 0.400. The summed E-state index contributed by atoms with van der Waals surface area (Å²) in [5, 5.41) is 2.88. The third kappa shape index (κ3) is 4.57. The Balaban J connectivity index is 1.58. The second kappa shape index (κ2) is 7.95. The first-order valence-electron chi connectivity index (χ1n) is 8.77. The minimum atomic E-state index is -0.0318. The highest BCUT2D eigenvalue weighted by atomic mass is 16.1. The van der Waals surface area contributed by atoms with Crippen molar-refractivity contribution in [3.63, 3.8) is 0 Å². The molecule has 2 heterocycles. The highest BCUT2D eigenvalue weighted by Crippen LogP contribution is 2.20. The number of hydrogen-bond acceptors (Lipinski definition) is 3. The van der Waals surface area contributed by atoms with Gasteiger partial charge in [-0.3, -0.25) is 4.79 Å². The third-order valence-corrected chi connectivity index (χ3v) is 4.43. The monoisotopic (exact) mass is 323 g/mol. The zero-order valence-corrected chi connectivity index (χ0v) is 14.3. The van der Waals surface area contributed by atoms with Gasteiger partial charge in [0.2, 0.25) is 5.91 Å². The molecule has 0 radical (unpaired) electrons. The molecule has 1 aliphatic rings. The number of nitrogens with one attached hydrogen (secondary N) is 1. The second-order valence-corrected chi connectivity index (χ2v) is 6.52. The maximum absolute atomic E-state index is 12.2. The van der Waals surface area contributed by atoms with E-state index in [2.05, 4.69) is 21.3 Å². The van der Waals surface area contributed by atoms with E-state index in [4.69, 9.17) is 0 Å². The predicted molar refractivity (Wildman–Crippen MR) is 98.4 cm³/mol. The molecular weight excluding hydrogens is 298 g/mol. The Kier molecular flexibility index (Phi) is 5.47. The number of nitrogens with zero attached hydrogens (tertiary/aromatic N) is 2. The predicted octanol–water partition coefficient (Wildman–Crippen LogP) is 3.95. The number of aryl methyl sites for hydroxylation is 1. The fourth-order valence-electron chi connectivity index (χ4n) is 3.17. The summed E-state index contributed by atoms with van der Waals surface area (Å²) in [6.07, 6.45) is 7.36. The van der Waals surface area contributed by atoms with Gasteiger partial charge in [0, 0.05) is 13.1 Å². The summed E-state index contributed by atoms with van der Waals surface area (Å²) in [5.41, 5.74) is 3.34. The summed E-state index contributed by atoms with van der Waals surface area (Å²) in [4.78, 5) is 19.0. The van der Waals surface area contributed by atoms with Crippen LogP contribution >= 0.6 is 0 Å². The molecule has 0 aliphatic carbocycles. The van der Waals surface area contributed by atoms with Crippen molar-refractivity contribution in [2.24, 2.45) is 0 Å². The fourth-order valence-corrected chi connectivity index (χ4v) is 3.17. The SMILES string of the molecule is Cc1cccc(CC(=O)Nc2ccc(N3CCCCCC3)cn2)c1. The van der Waals surface area contributed by atoms with Crippen molar-refractivity contribution in [2.75, 3.05) is 23.3 Å². The quantitative estimate of drug-likeness (QED) is 0.926. The molecule has 24 heavy (non-hydrogen) atoms. The maximum Gasteiger partial charge on any atom is 0.229 e. The highest BCUT2D eigenvalue weighted by molar-refractivity contribution is 5.91. The van der Waals surface area contributed by atoms with Crippen LogP contribution in [-0.2, 0) is 11.2 Å². The Hall–Kier alpha value is -2.36. The van der Waals surface area contributed by atoms with Crippen molar-refractivity contribution in [3.8, 4) is 0 Å². The van der Waals surface area contributed by atoms with Gasteiger partial charge in [0.1, 0.15) is 5.82 Å². The minimum absolute atomic E-state index is 0.0318. The molecule has 1 N–H and O–H groups in total. The Bertz CT molecular complexity index is 674. The lowest BCUT2D eigenvalue weighted by atomic mass is 10.1. The van der Waals surface area contributed by atoms with Crippen LogP contribution in [0.2, 0.25) is 0 Å². The first-order chi connectivity index (χ1) is 11.7. The van der Waals surface area contributed by atoms with Crippen LogP contribution in [0.25, 0.3) is 0 Å². The summed E-state index contributed by atoms with van der Waals surface area (Å²) >= 11 is 0. The van der Waals surface area contributed by atoms with E-state index in [1.807, 2.05) is 43.5 Å². The molecule has 1 saturated heterocycles. The molecule has 1 aliphatic heterocycles. The second-order valence-electron chi connectivity index (χ2n) is 6.52. The maximum atomic E-state index is 12.2. The molecule has 2 aromatic rings. The van der Waals surface area contributed by atoms with E-state index < -0.39 is 0 Å². The van der Waals surface area contributed by atoms with Crippen molar-refractivity contribution < 1.29 is 4.79 Å². The Morgan fingerprint density at radius 2 is 1.92 bits per heavy atom. The molecule has 1 amide bonds. The van der Waals surface area contributed by atoms with Gasteiger partial charge in [0.05, 0.1) is 18.3 Å². The van der Waals surface area contributed by atoms with E-state index >= 15 is 0 Å². The number of hydrogen-bond donors (Lipinski definition) is 1. The van der Waals surface area contributed by atoms with E-state index in [9.17, 15) is 4.79 Å². The average molecular weight is 323 g/mol. The standard InChI is InChI=1S/C20H25N3O/c1-16-7-6-8-17(13-16)14-20(24)22-19-10-9-18(15-21-19)23-11-4-2-3-5-12-23/h6-10,13,15H,2-5,11-12,14H2,1H3,(H,21,22,24). The van der Waals surface area contributed by atoms with Crippen molar-refractivity contribution in [1.82, 2.24) is 4.98 Å². The molecule has 0 bridgehead atoms. The molecule has 0 saturated carbocycles. The first kappa shape index (κ1) is 16.5. The van der Waals surface area contributed by atoms with Gasteiger partial charge in [-0.25, -0.2) is 4.98 Å². The molecule has 1 aromatic carbocycles. The van der Waals surface area contributed by atoms with Crippen LogP contribution in [0, 0.1) is 6.92 Å². The molecule has 1 aromatic heterocycles. The molecule has 0 unspecified atom stereocenters. The van der Waals surface area contributed by atoms with Crippen LogP contribution in [0.4, 0.5) is 11.5 Å². The topological polar surface area (TPSA) is 45.2 Å². The van der Waals surface area contributed by atoms with Gasteiger partial charge >= 0.3 is 0 Å². The lowest BCUT2D eigenvalue weighted by molar-refractivity contribution is -0.115. The van der Waals surface area contributed by atoms with Crippen LogP contribution < -0.4 is 10.2 Å². The normalized spacial score (nSPS) is 15.0. The van der Waals surface area contributed by atoms with Gasteiger partial charge in [-0.15, -0.1) is 0 Å². The number of pyridine rings is 1. The van der Waals surface area contributed by atoms with Gasteiger partial charge in [0.25, 0.3) is 0 Å². The van der Waals surface area contributed by atoms with Gasteiger partial charge in [-0.2, -0.15) is 0 Å². The van der Waals surface area contributed by atoms with Crippen LogP contribution in [0.1, 0.15) is 36.8 Å². The van der Waals surface area contributed by atoms with Crippen LogP contribution in [-0.4, -0.2) is 24.0 Å². The smallest absolute Gasteiger partial charge is 0.229 e. The number of aromatic nitrogens is 1. The number of carbonyl (C=O) groups is 1. The molecule has 0 atom stereocenters. The summed E-state index contributed by atoms with van der Waals surface area (Å²) in [5.74, 6) is 0.585. The largest absolute Gasteiger partial charge is 0.370 e. The number of anilines is 2. The Labute approximate surface area is 143 Å². The number of carbonyl (C=O) groups excluding carboxylic acids is 1. The van der Waals surface area contributed by atoms with Crippen LogP contribution in [0.5, 0.6) is 0 Å². The van der Waals surface area contributed by atoms with E-state index in [0.29, 0.717) is 12.2 Å². The Morgan fingerprint density at radius 1 is 1.12 bits per heavy atom. The molecule has 1 fully saturated rings. The molecule has 0 spiro atoms. The summed E-state index contributed by atoms with van der Waals surface area (Å²) in [7, 11) is 0.